The van der Waals surface area contributed by atoms with E-state index >= 15 is 0 Å². The molecule has 6 nitrogen and oxygen atoms in total. The van der Waals surface area contributed by atoms with Gasteiger partial charge >= 0.3 is 0 Å². The quantitative estimate of drug-likeness (QED) is 0.685. The first-order chi connectivity index (χ1) is 16.5. The average molecular weight is 463 g/mol. The number of ether oxygens (including phenoxy) is 2. The van der Waals surface area contributed by atoms with Crippen LogP contribution >= 0.6 is 0 Å². The predicted molar refractivity (Wildman–Crippen MR) is 129 cm³/mol. The van der Waals surface area contributed by atoms with Gasteiger partial charge in [0.05, 0.1) is 19.6 Å². The number of amides is 2. The largest absolute Gasteiger partial charge is 0.381 e. The molecule has 0 aliphatic carbocycles. The highest BCUT2D eigenvalue weighted by atomic mass is 16.5. The summed E-state index contributed by atoms with van der Waals surface area (Å²) in [5, 5.41) is 0. The van der Waals surface area contributed by atoms with E-state index in [0.29, 0.717) is 38.6 Å². The molecular formula is C28H34N2O4. The maximum atomic E-state index is 13.9. The zero-order valence-corrected chi connectivity index (χ0v) is 19.9. The summed E-state index contributed by atoms with van der Waals surface area (Å²) in [5.41, 5.74) is 2.24. The minimum Gasteiger partial charge on any atom is -0.381 e. The highest BCUT2D eigenvalue weighted by Crippen LogP contribution is 2.42. The molecule has 3 heterocycles. The van der Waals surface area contributed by atoms with Gasteiger partial charge in [0.2, 0.25) is 5.91 Å². The molecule has 1 spiro atoms. The number of carbonyl (C=O) groups excluding carboxylic acids is 2. The van der Waals surface area contributed by atoms with Crippen molar-refractivity contribution in [3.63, 3.8) is 0 Å². The fraction of sp³-hybridized carbons (Fsp3) is 0.500. The summed E-state index contributed by atoms with van der Waals surface area (Å²) in [5.74, 6) is 0.429. The summed E-state index contributed by atoms with van der Waals surface area (Å²) in [6.07, 6.45) is 2.30. The molecule has 3 aliphatic rings. The number of hydrogen-bond donors (Lipinski definition) is 0. The summed E-state index contributed by atoms with van der Waals surface area (Å²) < 4.78 is 11.9. The van der Waals surface area contributed by atoms with Crippen LogP contribution < -0.4 is 0 Å². The van der Waals surface area contributed by atoms with Gasteiger partial charge in [-0.1, -0.05) is 60.2 Å². The molecule has 0 aromatic heterocycles. The van der Waals surface area contributed by atoms with Crippen molar-refractivity contribution in [2.45, 2.75) is 37.7 Å². The number of benzene rings is 2. The Morgan fingerprint density at radius 3 is 2.50 bits per heavy atom. The number of aryl methyl sites for hydroxylation is 1. The second kappa shape index (κ2) is 9.88. The van der Waals surface area contributed by atoms with Crippen molar-refractivity contribution in [1.29, 1.82) is 0 Å². The minimum absolute atomic E-state index is 0.0284. The van der Waals surface area contributed by atoms with Gasteiger partial charge in [0, 0.05) is 38.8 Å². The molecule has 180 valence electrons. The number of hydrogen-bond acceptors (Lipinski definition) is 4. The van der Waals surface area contributed by atoms with Crippen molar-refractivity contribution in [2.75, 3.05) is 46.0 Å². The lowest BCUT2D eigenvalue weighted by Crippen LogP contribution is -2.59. The molecule has 0 radical (unpaired) electrons. The van der Waals surface area contributed by atoms with Gasteiger partial charge in [0.1, 0.15) is 0 Å². The van der Waals surface area contributed by atoms with Crippen LogP contribution in [0.3, 0.4) is 0 Å². The van der Waals surface area contributed by atoms with Crippen molar-refractivity contribution >= 4 is 11.8 Å². The Labute approximate surface area is 201 Å². The standard InChI is InChI=1S/C28H34N2O4/c1-21-7-9-22(10-8-21)17-26(31)29-13-16-34-28(20-29)25(24-5-3-2-4-6-24)19-30(27(28)32)18-23-11-14-33-15-12-23/h2-10,23,25H,11-20H2,1H3/t25-,28+/m0/s1. The summed E-state index contributed by atoms with van der Waals surface area (Å²) in [4.78, 5) is 31.0. The van der Waals surface area contributed by atoms with E-state index in [2.05, 4.69) is 12.1 Å². The van der Waals surface area contributed by atoms with E-state index in [1.54, 1.807) is 0 Å². The first-order valence-electron chi connectivity index (χ1n) is 12.4. The molecule has 6 heteroatoms. The van der Waals surface area contributed by atoms with Crippen molar-refractivity contribution in [3.8, 4) is 0 Å². The molecule has 0 saturated carbocycles. The fourth-order valence-electron chi connectivity index (χ4n) is 5.62. The fourth-order valence-corrected chi connectivity index (χ4v) is 5.62. The van der Waals surface area contributed by atoms with E-state index in [0.717, 1.165) is 43.7 Å². The van der Waals surface area contributed by atoms with Gasteiger partial charge in [-0.25, -0.2) is 0 Å². The van der Waals surface area contributed by atoms with E-state index in [4.69, 9.17) is 9.47 Å². The number of likely N-dealkylation sites (tertiary alicyclic amines) is 1. The molecule has 2 amide bonds. The van der Waals surface area contributed by atoms with Gasteiger partial charge in [-0.05, 0) is 36.8 Å². The highest BCUT2D eigenvalue weighted by molar-refractivity contribution is 5.91. The lowest BCUT2D eigenvalue weighted by molar-refractivity contribution is -0.167. The second-order valence-corrected chi connectivity index (χ2v) is 9.94. The molecule has 3 saturated heterocycles. The van der Waals surface area contributed by atoms with Crippen molar-refractivity contribution in [3.05, 3.63) is 71.3 Å². The number of nitrogens with zero attached hydrogens (tertiary/aromatic N) is 2. The zero-order valence-electron chi connectivity index (χ0n) is 19.9. The molecule has 0 bridgehead atoms. The van der Waals surface area contributed by atoms with Gasteiger partial charge in [0.25, 0.3) is 5.91 Å². The number of rotatable bonds is 5. The monoisotopic (exact) mass is 462 g/mol. The Balaban J connectivity index is 1.38. The van der Waals surface area contributed by atoms with E-state index in [-0.39, 0.29) is 17.7 Å². The molecule has 5 rings (SSSR count). The zero-order chi connectivity index (χ0) is 23.5. The molecule has 0 N–H and O–H groups in total. The number of carbonyl (C=O) groups is 2. The Morgan fingerprint density at radius 1 is 1.03 bits per heavy atom. The maximum absolute atomic E-state index is 13.9. The highest BCUT2D eigenvalue weighted by Gasteiger charge is 2.58. The van der Waals surface area contributed by atoms with E-state index in [1.165, 1.54) is 5.56 Å². The van der Waals surface area contributed by atoms with Crippen LogP contribution in [0.25, 0.3) is 0 Å². The molecule has 2 aromatic rings. The normalized spacial score (nSPS) is 25.8. The van der Waals surface area contributed by atoms with Gasteiger partial charge < -0.3 is 19.3 Å². The first kappa shape index (κ1) is 23.1. The lowest BCUT2D eigenvalue weighted by Gasteiger charge is -2.42. The van der Waals surface area contributed by atoms with Crippen molar-refractivity contribution < 1.29 is 19.1 Å². The molecule has 2 atom stereocenters. The summed E-state index contributed by atoms with van der Waals surface area (Å²) in [6.45, 7) is 6.11. The molecule has 0 unspecified atom stereocenters. The Bertz CT molecular complexity index is 1000. The van der Waals surface area contributed by atoms with Gasteiger partial charge in [-0.15, -0.1) is 0 Å². The van der Waals surface area contributed by atoms with Gasteiger partial charge in [-0.3, -0.25) is 9.59 Å². The number of morpholine rings is 1. The first-order valence-corrected chi connectivity index (χ1v) is 12.4. The van der Waals surface area contributed by atoms with Crippen LogP contribution in [0.1, 0.15) is 35.4 Å². The average Bonchev–Trinajstić information content (AvgIpc) is 3.12. The lowest BCUT2D eigenvalue weighted by atomic mass is 9.83. The minimum atomic E-state index is -1.02. The smallest absolute Gasteiger partial charge is 0.257 e. The van der Waals surface area contributed by atoms with Crippen LogP contribution in [0, 0.1) is 12.8 Å². The van der Waals surface area contributed by atoms with Crippen LogP contribution in [0.4, 0.5) is 0 Å². The summed E-state index contributed by atoms with van der Waals surface area (Å²) in [6, 6.07) is 18.2. The van der Waals surface area contributed by atoms with Crippen LogP contribution in [0.5, 0.6) is 0 Å². The third-order valence-electron chi connectivity index (χ3n) is 7.61. The van der Waals surface area contributed by atoms with Crippen molar-refractivity contribution in [1.82, 2.24) is 9.80 Å². The SMILES string of the molecule is Cc1ccc(CC(=O)N2CCO[C@@]3(C2)C(=O)N(CC2CCOCC2)C[C@H]3c2ccccc2)cc1. The van der Waals surface area contributed by atoms with Crippen molar-refractivity contribution in [2.24, 2.45) is 5.92 Å². The van der Waals surface area contributed by atoms with Crippen LogP contribution in [-0.2, 0) is 25.5 Å². The van der Waals surface area contributed by atoms with E-state index < -0.39 is 5.60 Å². The summed E-state index contributed by atoms with van der Waals surface area (Å²) in [7, 11) is 0. The van der Waals surface area contributed by atoms with Gasteiger partial charge in [-0.2, -0.15) is 0 Å². The third kappa shape index (κ3) is 4.62. The molecule has 3 fully saturated rings. The predicted octanol–water partition coefficient (Wildman–Crippen LogP) is 3.19. The third-order valence-corrected chi connectivity index (χ3v) is 7.61. The van der Waals surface area contributed by atoms with Gasteiger partial charge in [0.15, 0.2) is 5.60 Å². The Kier molecular flexibility index (Phi) is 6.70. The molecular weight excluding hydrogens is 428 g/mol. The summed E-state index contributed by atoms with van der Waals surface area (Å²) >= 11 is 0. The second-order valence-electron chi connectivity index (χ2n) is 9.94. The van der Waals surface area contributed by atoms with Crippen LogP contribution in [-0.4, -0.2) is 73.2 Å². The van der Waals surface area contributed by atoms with E-state index in [1.807, 2.05) is 59.2 Å². The molecule has 3 aliphatic heterocycles. The molecule has 34 heavy (non-hydrogen) atoms. The van der Waals surface area contributed by atoms with E-state index in [9.17, 15) is 9.59 Å². The maximum Gasteiger partial charge on any atom is 0.257 e. The Hall–Kier alpha value is -2.70. The van der Waals surface area contributed by atoms with Crippen LogP contribution in [0.15, 0.2) is 54.6 Å². The van der Waals surface area contributed by atoms with Crippen LogP contribution in [0.2, 0.25) is 0 Å². The topological polar surface area (TPSA) is 59.1 Å². The molecule has 2 aromatic carbocycles. The Morgan fingerprint density at radius 2 is 1.76 bits per heavy atom.